The van der Waals surface area contributed by atoms with Crippen LogP contribution in [0.5, 0.6) is 0 Å². The first-order valence-corrected chi connectivity index (χ1v) is 7.68. The quantitative estimate of drug-likeness (QED) is 0.944. The minimum absolute atomic E-state index is 0.202. The van der Waals surface area contributed by atoms with Gasteiger partial charge in [-0.05, 0) is 31.5 Å². The van der Waals surface area contributed by atoms with Gasteiger partial charge in [-0.25, -0.2) is 14.4 Å². The molecule has 0 radical (unpaired) electrons. The highest BCUT2D eigenvalue weighted by Crippen LogP contribution is 2.24. The summed E-state index contributed by atoms with van der Waals surface area (Å²) >= 11 is 0. The maximum Gasteiger partial charge on any atom is 0.136 e. The number of halogens is 1. The van der Waals surface area contributed by atoms with Crippen LogP contribution in [-0.2, 0) is 6.42 Å². The van der Waals surface area contributed by atoms with E-state index in [0.29, 0.717) is 6.42 Å². The monoisotopic (exact) mass is 300 g/mol. The molecule has 1 aliphatic heterocycles. The molecule has 0 atom stereocenters. The van der Waals surface area contributed by atoms with Crippen LogP contribution in [0.25, 0.3) is 0 Å². The van der Waals surface area contributed by atoms with Crippen LogP contribution in [0, 0.1) is 19.7 Å². The Morgan fingerprint density at radius 3 is 2.68 bits per heavy atom. The lowest BCUT2D eigenvalue weighted by atomic mass is 10.0. The van der Waals surface area contributed by atoms with Gasteiger partial charge in [-0.15, -0.1) is 0 Å². The van der Waals surface area contributed by atoms with Crippen LogP contribution < -0.4 is 10.2 Å². The van der Waals surface area contributed by atoms with Crippen LogP contribution in [0.3, 0.4) is 0 Å². The second-order valence-electron chi connectivity index (χ2n) is 5.70. The number of piperazine rings is 1. The highest BCUT2D eigenvalue weighted by Gasteiger charge is 2.19. The van der Waals surface area contributed by atoms with Crippen LogP contribution in [0.2, 0.25) is 0 Å². The van der Waals surface area contributed by atoms with E-state index >= 15 is 0 Å². The normalized spacial score (nSPS) is 15.1. The molecule has 0 saturated carbocycles. The van der Waals surface area contributed by atoms with Gasteiger partial charge in [0, 0.05) is 43.9 Å². The predicted octanol–water partition coefficient (Wildman–Crippen LogP) is 2.23. The Morgan fingerprint density at radius 2 is 1.95 bits per heavy atom. The minimum atomic E-state index is -0.202. The van der Waals surface area contributed by atoms with E-state index in [0.717, 1.165) is 54.6 Å². The summed E-state index contributed by atoms with van der Waals surface area (Å²) < 4.78 is 13.4. The van der Waals surface area contributed by atoms with Gasteiger partial charge in [0.2, 0.25) is 0 Å². The molecular formula is C17H21FN4. The van der Waals surface area contributed by atoms with Crippen molar-refractivity contribution in [1.29, 1.82) is 0 Å². The molecule has 22 heavy (non-hydrogen) atoms. The number of hydrogen-bond acceptors (Lipinski definition) is 4. The number of anilines is 1. The summed E-state index contributed by atoms with van der Waals surface area (Å²) in [7, 11) is 0. The third kappa shape index (κ3) is 3.25. The fraction of sp³-hybridized carbons (Fsp3) is 0.412. The molecule has 1 aliphatic rings. The molecule has 0 amide bonds. The third-order valence-corrected chi connectivity index (χ3v) is 3.99. The molecule has 5 heteroatoms. The number of nitrogens with one attached hydrogen (secondary N) is 1. The zero-order chi connectivity index (χ0) is 15.5. The molecule has 1 saturated heterocycles. The smallest absolute Gasteiger partial charge is 0.136 e. The molecule has 0 spiro atoms. The molecule has 1 fully saturated rings. The van der Waals surface area contributed by atoms with Crippen LogP contribution in [-0.4, -0.2) is 36.1 Å². The minimum Gasteiger partial charge on any atom is -0.354 e. The number of aromatic nitrogens is 2. The molecular weight excluding hydrogens is 279 g/mol. The van der Waals surface area contributed by atoms with E-state index in [1.807, 2.05) is 19.9 Å². The van der Waals surface area contributed by atoms with E-state index in [9.17, 15) is 4.39 Å². The van der Waals surface area contributed by atoms with Gasteiger partial charge in [0.05, 0.1) is 0 Å². The lowest BCUT2D eigenvalue weighted by Gasteiger charge is -2.30. The van der Waals surface area contributed by atoms with E-state index in [1.165, 1.54) is 6.07 Å². The fourth-order valence-electron chi connectivity index (χ4n) is 2.91. The summed E-state index contributed by atoms with van der Waals surface area (Å²) in [6, 6.07) is 6.75. The molecule has 0 bridgehead atoms. The average Bonchev–Trinajstić information content (AvgIpc) is 2.51. The zero-order valence-corrected chi connectivity index (χ0v) is 13.1. The van der Waals surface area contributed by atoms with E-state index in [1.54, 1.807) is 12.1 Å². The molecule has 2 aromatic rings. The van der Waals surface area contributed by atoms with E-state index in [4.69, 9.17) is 0 Å². The van der Waals surface area contributed by atoms with Gasteiger partial charge >= 0.3 is 0 Å². The number of nitrogens with zero attached hydrogens (tertiary/aromatic N) is 3. The predicted molar refractivity (Wildman–Crippen MR) is 85.8 cm³/mol. The first kappa shape index (κ1) is 14.9. The average molecular weight is 300 g/mol. The number of aryl methyl sites for hydroxylation is 2. The van der Waals surface area contributed by atoms with Crippen molar-refractivity contribution >= 4 is 5.82 Å². The Hall–Kier alpha value is -2.01. The second-order valence-corrected chi connectivity index (χ2v) is 5.70. The Labute approximate surface area is 130 Å². The van der Waals surface area contributed by atoms with Gasteiger partial charge in [-0.2, -0.15) is 0 Å². The summed E-state index contributed by atoms with van der Waals surface area (Å²) in [6.07, 6.45) is 0.656. The largest absolute Gasteiger partial charge is 0.354 e. The van der Waals surface area contributed by atoms with Gasteiger partial charge in [-0.1, -0.05) is 12.1 Å². The molecule has 0 unspecified atom stereocenters. The molecule has 1 N–H and O–H groups in total. The fourth-order valence-corrected chi connectivity index (χ4v) is 2.91. The Balaban J connectivity index is 1.98. The summed E-state index contributed by atoms with van der Waals surface area (Å²) in [6.45, 7) is 7.72. The molecule has 1 aromatic heterocycles. The van der Waals surface area contributed by atoms with Gasteiger partial charge in [0.25, 0.3) is 0 Å². The van der Waals surface area contributed by atoms with Crippen molar-refractivity contribution in [2.24, 2.45) is 0 Å². The van der Waals surface area contributed by atoms with Crippen LogP contribution in [0.1, 0.15) is 22.6 Å². The SMILES string of the molecule is Cc1nc(C)c(Cc2cccc(F)c2)c(N2CCNCC2)n1. The third-order valence-electron chi connectivity index (χ3n) is 3.99. The molecule has 116 valence electrons. The van der Waals surface area contributed by atoms with E-state index < -0.39 is 0 Å². The van der Waals surface area contributed by atoms with Crippen molar-refractivity contribution in [2.75, 3.05) is 31.1 Å². The highest BCUT2D eigenvalue weighted by molar-refractivity contribution is 5.51. The van der Waals surface area contributed by atoms with Crippen molar-refractivity contribution < 1.29 is 4.39 Å². The number of benzene rings is 1. The van der Waals surface area contributed by atoms with Crippen molar-refractivity contribution in [3.63, 3.8) is 0 Å². The van der Waals surface area contributed by atoms with Crippen molar-refractivity contribution in [2.45, 2.75) is 20.3 Å². The standard InChI is InChI=1S/C17H21FN4/c1-12-16(11-14-4-3-5-15(18)10-14)17(21-13(2)20-12)22-8-6-19-7-9-22/h3-5,10,19H,6-9,11H2,1-2H3. The topological polar surface area (TPSA) is 41.1 Å². The number of hydrogen-bond donors (Lipinski definition) is 1. The van der Waals surface area contributed by atoms with Gasteiger partial charge < -0.3 is 10.2 Å². The van der Waals surface area contributed by atoms with Crippen LogP contribution in [0.15, 0.2) is 24.3 Å². The summed E-state index contributed by atoms with van der Waals surface area (Å²) in [5, 5.41) is 3.36. The summed E-state index contributed by atoms with van der Waals surface area (Å²) in [4.78, 5) is 11.5. The first-order chi connectivity index (χ1) is 10.6. The number of rotatable bonds is 3. The molecule has 3 rings (SSSR count). The van der Waals surface area contributed by atoms with E-state index in [-0.39, 0.29) is 5.82 Å². The lowest BCUT2D eigenvalue weighted by molar-refractivity contribution is 0.582. The van der Waals surface area contributed by atoms with E-state index in [2.05, 4.69) is 20.2 Å². The zero-order valence-electron chi connectivity index (χ0n) is 13.1. The second kappa shape index (κ2) is 6.40. The Morgan fingerprint density at radius 1 is 1.18 bits per heavy atom. The maximum atomic E-state index is 13.4. The first-order valence-electron chi connectivity index (χ1n) is 7.68. The van der Waals surface area contributed by atoms with Crippen LogP contribution in [0.4, 0.5) is 10.2 Å². The Kier molecular flexibility index (Phi) is 4.34. The van der Waals surface area contributed by atoms with Gasteiger partial charge in [-0.3, -0.25) is 0 Å². The van der Waals surface area contributed by atoms with Gasteiger partial charge in [0.1, 0.15) is 17.5 Å². The molecule has 4 nitrogen and oxygen atoms in total. The molecule has 1 aromatic carbocycles. The molecule has 2 heterocycles. The van der Waals surface area contributed by atoms with Crippen molar-refractivity contribution in [3.05, 3.63) is 52.7 Å². The molecule has 0 aliphatic carbocycles. The van der Waals surface area contributed by atoms with Gasteiger partial charge in [0.15, 0.2) is 0 Å². The summed E-state index contributed by atoms with van der Waals surface area (Å²) in [5.41, 5.74) is 3.02. The van der Waals surface area contributed by atoms with Crippen molar-refractivity contribution in [3.8, 4) is 0 Å². The van der Waals surface area contributed by atoms with Crippen molar-refractivity contribution in [1.82, 2.24) is 15.3 Å². The maximum absolute atomic E-state index is 13.4. The lowest BCUT2D eigenvalue weighted by Crippen LogP contribution is -2.44. The summed E-state index contributed by atoms with van der Waals surface area (Å²) in [5.74, 6) is 1.58. The van der Waals surface area contributed by atoms with Crippen LogP contribution >= 0.6 is 0 Å². The Bertz CT molecular complexity index is 666. The highest BCUT2D eigenvalue weighted by atomic mass is 19.1.